The minimum absolute atomic E-state index is 0.116. The van der Waals surface area contributed by atoms with Crippen LogP contribution in [0.4, 0.5) is 30.6 Å². The van der Waals surface area contributed by atoms with E-state index in [1.807, 2.05) is 0 Å². The Hall–Kier alpha value is -2.75. The average Bonchev–Trinajstić information content (AvgIpc) is 2.59. The lowest BCUT2D eigenvalue weighted by molar-refractivity contribution is -0.137. The molecule has 27 heavy (non-hydrogen) atoms. The topological polar surface area (TPSA) is 79.4 Å². The quantitative estimate of drug-likeness (QED) is 0.797. The molecule has 2 rings (SSSR count). The monoisotopic (exact) mass is 403 g/mol. The van der Waals surface area contributed by atoms with E-state index in [1.54, 1.807) is 0 Å². The molecule has 0 saturated carbocycles. The van der Waals surface area contributed by atoms with Crippen LogP contribution in [-0.4, -0.2) is 44.1 Å². The van der Waals surface area contributed by atoms with Gasteiger partial charge in [-0.25, -0.2) is 4.98 Å². The molecule has 0 radical (unpaired) electrons. The Morgan fingerprint density at radius 2 is 1.96 bits per heavy atom. The molecular weight excluding hydrogens is 387 g/mol. The van der Waals surface area contributed by atoms with E-state index >= 15 is 0 Å². The summed E-state index contributed by atoms with van der Waals surface area (Å²) in [5, 5.41) is 5.43. The number of hydrogen-bond acceptors (Lipinski definition) is 6. The Balaban J connectivity index is 2.53. The maximum Gasteiger partial charge on any atom is 0.421 e. The Kier molecular flexibility index (Phi) is 5.99. The minimum atomic E-state index is -4.60. The number of amides is 1. The van der Waals surface area contributed by atoms with Crippen LogP contribution < -0.4 is 20.3 Å². The van der Waals surface area contributed by atoms with Crippen molar-refractivity contribution in [3.05, 3.63) is 34.5 Å². The zero-order valence-electron chi connectivity index (χ0n) is 14.9. The Bertz CT molecular complexity index is 859. The maximum atomic E-state index is 13.1. The average molecular weight is 404 g/mol. The number of anilines is 3. The number of benzene rings is 1. The zero-order chi connectivity index (χ0) is 20.4. The standard InChI is InChI=1S/C16H17ClF3N5O2/c1-21-14(26)9-5-8(17)6-11(12(9)27-4)23-15-22-7-10(16(18,19)20)13(24-15)25(2)3/h5-7H,1-4H3,(H,21,26)(H,22,23,24). The lowest BCUT2D eigenvalue weighted by Gasteiger charge is -2.19. The van der Waals surface area contributed by atoms with Gasteiger partial charge in [0.05, 0.1) is 18.4 Å². The van der Waals surface area contributed by atoms with E-state index in [4.69, 9.17) is 16.3 Å². The molecule has 0 unspecified atom stereocenters. The summed E-state index contributed by atoms with van der Waals surface area (Å²) >= 11 is 6.04. The third kappa shape index (κ3) is 4.51. The van der Waals surface area contributed by atoms with Crippen LogP contribution in [0.1, 0.15) is 15.9 Å². The highest BCUT2D eigenvalue weighted by Crippen LogP contribution is 2.37. The molecule has 1 heterocycles. The van der Waals surface area contributed by atoms with Crippen LogP contribution >= 0.6 is 11.6 Å². The fraction of sp³-hybridized carbons (Fsp3) is 0.312. The first-order chi connectivity index (χ1) is 12.6. The zero-order valence-corrected chi connectivity index (χ0v) is 15.7. The molecule has 0 aliphatic carbocycles. The molecule has 0 atom stereocenters. The molecule has 0 fully saturated rings. The SMILES string of the molecule is CNC(=O)c1cc(Cl)cc(Nc2ncc(C(F)(F)F)c(N(C)C)n2)c1OC. The Morgan fingerprint density at radius 1 is 1.30 bits per heavy atom. The summed E-state index contributed by atoms with van der Waals surface area (Å²) in [5.41, 5.74) is -0.593. The maximum absolute atomic E-state index is 13.1. The van der Waals surface area contributed by atoms with Gasteiger partial charge in [-0.05, 0) is 12.1 Å². The number of nitrogens with zero attached hydrogens (tertiary/aromatic N) is 3. The van der Waals surface area contributed by atoms with Gasteiger partial charge < -0.3 is 20.3 Å². The summed E-state index contributed by atoms with van der Waals surface area (Å²) in [7, 11) is 5.66. The second kappa shape index (κ2) is 7.87. The van der Waals surface area contributed by atoms with Crippen LogP contribution in [0, 0.1) is 0 Å². The van der Waals surface area contributed by atoms with E-state index in [2.05, 4.69) is 20.6 Å². The summed E-state index contributed by atoms with van der Waals surface area (Å²) in [6.45, 7) is 0. The molecule has 2 N–H and O–H groups in total. The fourth-order valence-electron chi connectivity index (χ4n) is 2.30. The Labute approximate surface area is 158 Å². The lowest BCUT2D eigenvalue weighted by atomic mass is 10.1. The predicted molar refractivity (Wildman–Crippen MR) is 96.0 cm³/mol. The molecule has 7 nitrogen and oxygen atoms in total. The van der Waals surface area contributed by atoms with Crippen LogP contribution in [0.5, 0.6) is 5.75 Å². The minimum Gasteiger partial charge on any atom is -0.494 e. The fourth-order valence-corrected chi connectivity index (χ4v) is 2.52. The number of hydrogen-bond donors (Lipinski definition) is 2. The van der Waals surface area contributed by atoms with Crippen molar-refractivity contribution in [3.8, 4) is 5.75 Å². The van der Waals surface area contributed by atoms with E-state index in [0.29, 0.717) is 6.20 Å². The highest BCUT2D eigenvalue weighted by Gasteiger charge is 2.36. The normalized spacial score (nSPS) is 11.1. The summed E-state index contributed by atoms with van der Waals surface area (Å²) in [6, 6.07) is 2.85. The predicted octanol–water partition coefficient (Wildman–Crippen LogP) is 3.33. The number of halogens is 4. The van der Waals surface area contributed by atoms with Crippen LogP contribution in [0.25, 0.3) is 0 Å². The van der Waals surface area contributed by atoms with Gasteiger partial charge in [-0.1, -0.05) is 11.6 Å². The van der Waals surface area contributed by atoms with Crippen LogP contribution in [-0.2, 0) is 6.18 Å². The molecule has 0 aliphatic rings. The van der Waals surface area contributed by atoms with E-state index in [0.717, 1.165) is 0 Å². The van der Waals surface area contributed by atoms with Gasteiger partial charge in [-0.2, -0.15) is 18.2 Å². The molecule has 0 saturated heterocycles. The summed E-state index contributed by atoms with van der Waals surface area (Å²) < 4.78 is 44.6. The summed E-state index contributed by atoms with van der Waals surface area (Å²) in [6.07, 6.45) is -3.92. The van der Waals surface area contributed by atoms with Crippen LogP contribution in [0.15, 0.2) is 18.3 Å². The second-order valence-electron chi connectivity index (χ2n) is 5.56. The number of methoxy groups -OCH3 is 1. The molecule has 1 aromatic heterocycles. The van der Waals surface area contributed by atoms with Gasteiger partial charge in [0.2, 0.25) is 5.95 Å². The number of ether oxygens (including phenoxy) is 1. The number of alkyl halides is 3. The number of carbonyl (C=O) groups excluding carboxylic acids is 1. The Morgan fingerprint density at radius 3 is 2.48 bits per heavy atom. The molecule has 1 amide bonds. The third-order valence-corrected chi connectivity index (χ3v) is 3.69. The van der Waals surface area contributed by atoms with Crippen LogP contribution in [0.2, 0.25) is 5.02 Å². The van der Waals surface area contributed by atoms with E-state index in [1.165, 1.54) is 45.3 Å². The molecule has 0 spiro atoms. The molecule has 0 bridgehead atoms. The van der Waals surface area contributed by atoms with Crippen molar-refractivity contribution < 1.29 is 22.7 Å². The summed E-state index contributed by atoms with van der Waals surface area (Å²) in [5.74, 6) is -0.726. The lowest BCUT2D eigenvalue weighted by Crippen LogP contribution is -2.20. The molecule has 2 aromatic rings. The van der Waals surface area contributed by atoms with E-state index in [-0.39, 0.29) is 33.8 Å². The molecular formula is C16H17ClF3N5O2. The number of carbonyl (C=O) groups is 1. The van der Waals surface area contributed by atoms with Crippen molar-refractivity contribution in [3.63, 3.8) is 0 Å². The second-order valence-corrected chi connectivity index (χ2v) is 6.00. The smallest absolute Gasteiger partial charge is 0.421 e. The van der Waals surface area contributed by atoms with Gasteiger partial charge in [-0.15, -0.1) is 0 Å². The van der Waals surface area contributed by atoms with Gasteiger partial charge in [-0.3, -0.25) is 4.79 Å². The highest BCUT2D eigenvalue weighted by molar-refractivity contribution is 6.31. The highest BCUT2D eigenvalue weighted by atomic mass is 35.5. The van der Waals surface area contributed by atoms with Gasteiger partial charge >= 0.3 is 6.18 Å². The van der Waals surface area contributed by atoms with Gasteiger partial charge in [0.25, 0.3) is 5.91 Å². The number of nitrogens with one attached hydrogen (secondary N) is 2. The van der Waals surface area contributed by atoms with E-state index in [9.17, 15) is 18.0 Å². The summed E-state index contributed by atoms with van der Waals surface area (Å²) in [4.78, 5) is 20.9. The molecule has 0 aliphatic heterocycles. The molecule has 146 valence electrons. The van der Waals surface area contributed by atoms with Crippen molar-refractivity contribution in [2.45, 2.75) is 6.18 Å². The van der Waals surface area contributed by atoms with Crippen molar-refractivity contribution in [1.29, 1.82) is 0 Å². The van der Waals surface area contributed by atoms with Gasteiger partial charge in [0.15, 0.2) is 5.75 Å². The first-order valence-electron chi connectivity index (χ1n) is 7.56. The first kappa shape index (κ1) is 20.6. The van der Waals surface area contributed by atoms with Gasteiger partial charge in [0, 0.05) is 32.4 Å². The van der Waals surface area contributed by atoms with Crippen molar-refractivity contribution in [1.82, 2.24) is 15.3 Å². The molecule has 11 heteroatoms. The van der Waals surface area contributed by atoms with Crippen molar-refractivity contribution in [2.24, 2.45) is 0 Å². The van der Waals surface area contributed by atoms with Crippen LogP contribution in [0.3, 0.4) is 0 Å². The largest absolute Gasteiger partial charge is 0.494 e. The number of rotatable bonds is 5. The van der Waals surface area contributed by atoms with E-state index < -0.39 is 17.6 Å². The molecule has 1 aromatic carbocycles. The number of aromatic nitrogens is 2. The first-order valence-corrected chi connectivity index (χ1v) is 7.94. The third-order valence-electron chi connectivity index (χ3n) is 3.47. The van der Waals surface area contributed by atoms with Crippen molar-refractivity contribution in [2.75, 3.05) is 38.5 Å². The van der Waals surface area contributed by atoms with Gasteiger partial charge in [0.1, 0.15) is 11.4 Å². The van der Waals surface area contributed by atoms with Crippen molar-refractivity contribution >= 4 is 35.0 Å².